The summed E-state index contributed by atoms with van der Waals surface area (Å²) in [6.45, 7) is 4.83. The lowest BCUT2D eigenvalue weighted by molar-refractivity contribution is 0.305. The Bertz CT molecular complexity index is 755. The molecule has 20 heavy (non-hydrogen) atoms. The van der Waals surface area contributed by atoms with E-state index >= 15 is 0 Å². The first-order chi connectivity index (χ1) is 9.66. The summed E-state index contributed by atoms with van der Waals surface area (Å²) in [7, 11) is 2.08. The molecule has 0 fully saturated rings. The van der Waals surface area contributed by atoms with Crippen LogP contribution in [0.3, 0.4) is 0 Å². The second-order valence-electron chi connectivity index (χ2n) is 5.29. The highest BCUT2D eigenvalue weighted by Crippen LogP contribution is 2.26. The third-order valence-electron chi connectivity index (χ3n) is 3.78. The fourth-order valence-corrected chi connectivity index (χ4v) is 2.72. The molecule has 0 saturated heterocycles. The van der Waals surface area contributed by atoms with Gasteiger partial charge in [-0.15, -0.1) is 0 Å². The average molecular weight is 265 g/mol. The third kappa shape index (κ3) is 2.18. The predicted octanol–water partition coefficient (Wildman–Crippen LogP) is 4.37. The SMILES string of the molecule is Cc1ccccc1OCc1cn(C)c2cccc(C)c12. The van der Waals surface area contributed by atoms with Gasteiger partial charge in [0.25, 0.3) is 0 Å². The van der Waals surface area contributed by atoms with Crippen LogP contribution in [0.4, 0.5) is 0 Å². The van der Waals surface area contributed by atoms with Crippen molar-refractivity contribution in [1.82, 2.24) is 4.57 Å². The topological polar surface area (TPSA) is 14.2 Å². The summed E-state index contributed by atoms with van der Waals surface area (Å²) in [6.07, 6.45) is 2.16. The molecular weight excluding hydrogens is 246 g/mol. The zero-order valence-electron chi connectivity index (χ0n) is 12.2. The molecule has 2 heteroatoms. The van der Waals surface area contributed by atoms with Gasteiger partial charge < -0.3 is 9.30 Å². The molecule has 0 saturated carbocycles. The van der Waals surface area contributed by atoms with Crippen LogP contribution in [0, 0.1) is 13.8 Å². The molecule has 1 heterocycles. The van der Waals surface area contributed by atoms with Crippen LogP contribution < -0.4 is 4.74 Å². The molecule has 0 N–H and O–H groups in total. The minimum absolute atomic E-state index is 0.604. The van der Waals surface area contributed by atoms with Gasteiger partial charge in [0, 0.05) is 29.7 Å². The molecule has 102 valence electrons. The van der Waals surface area contributed by atoms with Gasteiger partial charge in [-0.3, -0.25) is 0 Å². The quantitative estimate of drug-likeness (QED) is 0.685. The number of rotatable bonds is 3. The largest absolute Gasteiger partial charge is 0.489 e. The van der Waals surface area contributed by atoms with Crippen molar-refractivity contribution in [2.24, 2.45) is 7.05 Å². The Morgan fingerprint density at radius 3 is 2.50 bits per heavy atom. The Hall–Kier alpha value is -2.22. The van der Waals surface area contributed by atoms with Gasteiger partial charge in [0.05, 0.1) is 0 Å². The highest BCUT2D eigenvalue weighted by molar-refractivity contribution is 5.87. The smallest absolute Gasteiger partial charge is 0.122 e. The second kappa shape index (κ2) is 5.04. The standard InChI is InChI=1S/C18H19NO/c1-13-7-4-5-10-17(13)20-12-15-11-19(3)16-9-6-8-14(2)18(15)16/h4-11H,12H2,1-3H3. The third-order valence-corrected chi connectivity index (χ3v) is 3.78. The molecule has 1 aromatic heterocycles. The zero-order chi connectivity index (χ0) is 14.1. The molecule has 0 radical (unpaired) electrons. The molecule has 0 amide bonds. The number of aryl methyl sites for hydroxylation is 3. The molecule has 2 nitrogen and oxygen atoms in total. The van der Waals surface area contributed by atoms with Crippen LogP contribution >= 0.6 is 0 Å². The maximum Gasteiger partial charge on any atom is 0.122 e. The Morgan fingerprint density at radius 1 is 0.950 bits per heavy atom. The summed E-state index contributed by atoms with van der Waals surface area (Å²) in [5, 5.41) is 1.31. The number of fused-ring (bicyclic) bond motifs is 1. The number of benzene rings is 2. The second-order valence-corrected chi connectivity index (χ2v) is 5.29. The van der Waals surface area contributed by atoms with Crippen LogP contribution in [0.5, 0.6) is 5.75 Å². The zero-order valence-corrected chi connectivity index (χ0v) is 12.2. The van der Waals surface area contributed by atoms with E-state index in [1.54, 1.807) is 0 Å². The van der Waals surface area contributed by atoms with Crippen molar-refractivity contribution in [3.05, 3.63) is 65.4 Å². The van der Waals surface area contributed by atoms with Crippen LogP contribution in [0.15, 0.2) is 48.7 Å². The van der Waals surface area contributed by atoms with Crippen molar-refractivity contribution < 1.29 is 4.74 Å². The van der Waals surface area contributed by atoms with Crippen LogP contribution in [-0.2, 0) is 13.7 Å². The summed E-state index contributed by atoms with van der Waals surface area (Å²) in [5.74, 6) is 0.957. The molecule has 0 spiro atoms. The molecule has 0 atom stereocenters. The number of nitrogens with zero attached hydrogens (tertiary/aromatic N) is 1. The van der Waals surface area contributed by atoms with Crippen LogP contribution in [0.2, 0.25) is 0 Å². The minimum atomic E-state index is 0.604. The molecule has 0 aliphatic heterocycles. The van der Waals surface area contributed by atoms with E-state index in [-0.39, 0.29) is 0 Å². The Labute approximate surface area is 119 Å². The van der Waals surface area contributed by atoms with Gasteiger partial charge in [0.1, 0.15) is 12.4 Å². The van der Waals surface area contributed by atoms with Gasteiger partial charge in [0.15, 0.2) is 0 Å². The molecule has 3 aromatic rings. The van der Waals surface area contributed by atoms with E-state index < -0.39 is 0 Å². The number of hydrogen-bond donors (Lipinski definition) is 0. The fraction of sp³-hybridized carbons (Fsp3) is 0.222. The van der Waals surface area contributed by atoms with E-state index in [9.17, 15) is 0 Å². The van der Waals surface area contributed by atoms with Crippen LogP contribution in [0.25, 0.3) is 10.9 Å². The van der Waals surface area contributed by atoms with Gasteiger partial charge in [-0.05, 0) is 37.1 Å². The van der Waals surface area contributed by atoms with Gasteiger partial charge in [-0.2, -0.15) is 0 Å². The van der Waals surface area contributed by atoms with Crippen molar-refractivity contribution in [1.29, 1.82) is 0 Å². The average Bonchev–Trinajstić information content (AvgIpc) is 2.76. The van der Waals surface area contributed by atoms with E-state index in [1.165, 1.54) is 27.6 Å². The Balaban J connectivity index is 1.94. The predicted molar refractivity (Wildman–Crippen MR) is 83.2 cm³/mol. The van der Waals surface area contributed by atoms with E-state index in [2.05, 4.69) is 55.9 Å². The monoisotopic (exact) mass is 265 g/mol. The van der Waals surface area contributed by atoms with Gasteiger partial charge in [0.2, 0.25) is 0 Å². The fourth-order valence-electron chi connectivity index (χ4n) is 2.72. The molecule has 3 rings (SSSR count). The maximum atomic E-state index is 5.99. The van der Waals surface area contributed by atoms with Gasteiger partial charge in [-0.25, -0.2) is 0 Å². The molecular formula is C18H19NO. The van der Waals surface area contributed by atoms with Crippen LogP contribution in [-0.4, -0.2) is 4.57 Å². The van der Waals surface area contributed by atoms with Crippen molar-refractivity contribution in [3.8, 4) is 5.75 Å². The van der Waals surface area contributed by atoms with Crippen molar-refractivity contribution >= 4 is 10.9 Å². The van der Waals surface area contributed by atoms with Gasteiger partial charge in [-0.1, -0.05) is 30.3 Å². The lowest BCUT2D eigenvalue weighted by Gasteiger charge is -2.08. The highest BCUT2D eigenvalue weighted by Gasteiger charge is 2.09. The van der Waals surface area contributed by atoms with Crippen molar-refractivity contribution in [3.63, 3.8) is 0 Å². The Kier molecular flexibility index (Phi) is 3.23. The summed E-state index contributed by atoms with van der Waals surface area (Å²) in [5.41, 5.74) is 4.97. The molecule has 0 aliphatic carbocycles. The molecule has 2 aromatic carbocycles. The lowest BCUT2D eigenvalue weighted by Crippen LogP contribution is -1.96. The first kappa shape index (κ1) is 12.8. The lowest BCUT2D eigenvalue weighted by atomic mass is 10.1. The van der Waals surface area contributed by atoms with Crippen molar-refractivity contribution in [2.45, 2.75) is 20.5 Å². The first-order valence-corrected chi connectivity index (χ1v) is 6.89. The number of para-hydroxylation sites is 1. The van der Waals surface area contributed by atoms with E-state index in [0.717, 1.165) is 5.75 Å². The number of hydrogen-bond acceptors (Lipinski definition) is 1. The number of aromatic nitrogens is 1. The highest BCUT2D eigenvalue weighted by atomic mass is 16.5. The number of ether oxygens (including phenoxy) is 1. The summed E-state index contributed by atoms with van der Waals surface area (Å²) >= 11 is 0. The van der Waals surface area contributed by atoms with Crippen molar-refractivity contribution in [2.75, 3.05) is 0 Å². The van der Waals surface area contributed by atoms with E-state index in [1.807, 2.05) is 18.2 Å². The summed E-state index contributed by atoms with van der Waals surface area (Å²) in [6, 6.07) is 14.5. The Morgan fingerprint density at radius 2 is 1.70 bits per heavy atom. The summed E-state index contributed by atoms with van der Waals surface area (Å²) < 4.78 is 8.15. The first-order valence-electron chi connectivity index (χ1n) is 6.89. The molecule has 0 bridgehead atoms. The van der Waals surface area contributed by atoms with Gasteiger partial charge >= 0.3 is 0 Å². The minimum Gasteiger partial charge on any atom is -0.489 e. The van der Waals surface area contributed by atoms with Crippen LogP contribution in [0.1, 0.15) is 16.7 Å². The summed E-state index contributed by atoms with van der Waals surface area (Å²) in [4.78, 5) is 0. The molecule has 0 aliphatic rings. The van der Waals surface area contributed by atoms with E-state index in [4.69, 9.17) is 4.74 Å². The van der Waals surface area contributed by atoms with E-state index in [0.29, 0.717) is 6.61 Å². The maximum absolute atomic E-state index is 5.99. The normalized spacial score (nSPS) is 10.9. The molecule has 0 unspecified atom stereocenters.